The lowest BCUT2D eigenvalue weighted by molar-refractivity contribution is 0.354. The smallest absolute Gasteiger partial charge is 0.161 e. The van der Waals surface area contributed by atoms with Crippen LogP contribution in [0, 0.1) is 0 Å². The normalized spacial score (nSPS) is 14.0. The number of nitrogens with one attached hydrogen (secondary N) is 1. The van der Waals surface area contributed by atoms with Gasteiger partial charge in [-0.2, -0.15) is 0 Å². The van der Waals surface area contributed by atoms with Gasteiger partial charge in [0.1, 0.15) is 0 Å². The van der Waals surface area contributed by atoms with Crippen molar-refractivity contribution >= 4 is 0 Å². The van der Waals surface area contributed by atoms with Gasteiger partial charge in [-0.3, -0.25) is 0 Å². The highest BCUT2D eigenvalue weighted by Crippen LogP contribution is 2.28. The van der Waals surface area contributed by atoms with Gasteiger partial charge in [-0.05, 0) is 41.7 Å². The molecule has 3 nitrogen and oxygen atoms in total. The molecule has 2 aromatic rings. The van der Waals surface area contributed by atoms with Crippen LogP contribution in [0.3, 0.4) is 0 Å². The van der Waals surface area contributed by atoms with Crippen LogP contribution in [0.4, 0.5) is 0 Å². The van der Waals surface area contributed by atoms with E-state index in [-0.39, 0.29) is 0 Å². The molecule has 0 bridgehead atoms. The van der Waals surface area contributed by atoms with Crippen molar-refractivity contribution in [3.63, 3.8) is 0 Å². The molecule has 2 aromatic carbocycles. The number of hydrogen-bond donors (Lipinski definition) is 1. The Morgan fingerprint density at radius 3 is 2.24 bits per heavy atom. The monoisotopic (exact) mass is 283 g/mol. The van der Waals surface area contributed by atoms with E-state index in [0.717, 1.165) is 30.9 Å². The molecule has 1 N–H and O–H groups in total. The number of benzene rings is 2. The summed E-state index contributed by atoms with van der Waals surface area (Å²) in [5.74, 6) is 1.56. The maximum absolute atomic E-state index is 5.35. The first-order valence-electron chi connectivity index (χ1n) is 7.31. The molecule has 0 radical (unpaired) electrons. The van der Waals surface area contributed by atoms with Crippen molar-refractivity contribution in [1.82, 2.24) is 5.32 Å². The Balaban J connectivity index is 1.62. The molecule has 1 aliphatic carbocycles. The van der Waals surface area contributed by atoms with E-state index in [0.29, 0.717) is 6.04 Å². The van der Waals surface area contributed by atoms with Crippen molar-refractivity contribution in [3.8, 4) is 11.5 Å². The summed E-state index contributed by atoms with van der Waals surface area (Å²) < 4.78 is 10.6. The third-order valence-corrected chi connectivity index (χ3v) is 4.09. The quantitative estimate of drug-likeness (QED) is 0.915. The van der Waals surface area contributed by atoms with Crippen LogP contribution in [0.5, 0.6) is 11.5 Å². The maximum Gasteiger partial charge on any atom is 0.161 e. The number of ether oxygens (including phenoxy) is 2. The highest BCUT2D eigenvalue weighted by molar-refractivity contribution is 5.43. The van der Waals surface area contributed by atoms with Crippen LogP contribution in [0.1, 0.15) is 16.7 Å². The van der Waals surface area contributed by atoms with Crippen molar-refractivity contribution in [1.29, 1.82) is 0 Å². The number of rotatable bonds is 5. The lowest BCUT2D eigenvalue weighted by Crippen LogP contribution is -2.28. The molecule has 21 heavy (non-hydrogen) atoms. The standard InChI is InChI=1S/C18H21NO2/c1-20-17-8-7-13(9-18(17)21-2)12-19-16-10-14-5-3-4-6-15(14)11-16/h3-9,16,19H,10-12H2,1-2H3. The van der Waals surface area contributed by atoms with Gasteiger partial charge in [0.15, 0.2) is 11.5 Å². The Labute approximate surface area is 125 Å². The average molecular weight is 283 g/mol. The van der Waals surface area contributed by atoms with Crippen molar-refractivity contribution in [2.45, 2.75) is 25.4 Å². The second-order valence-corrected chi connectivity index (χ2v) is 5.44. The van der Waals surface area contributed by atoms with Crippen LogP contribution in [0.2, 0.25) is 0 Å². The first kappa shape index (κ1) is 14.0. The van der Waals surface area contributed by atoms with E-state index in [1.165, 1.54) is 16.7 Å². The topological polar surface area (TPSA) is 30.5 Å². The van der Waals surface area contributed by atoms with Crippen molar-refractivity contribution in [2.75, 3.05) is 14.2 Å². The van der Waals surface area contributed by atoms with Crippen molar-refractivity contribution in [2.24, 2.45) is 0 Å². The fraction of sp³-hybridized carbons (Fsp3) is 0.333. The van der Waals surface area contributed by atoms with Crippen LogP contribution in [-0.2, 0) is 19.4 Å². The lowest BCUT2D eigenvalue weighted by Gasteiger charge is -2.14. The Morgan fingerprint density at radius 2 is 1.62 bits per heavy atom. The molecule has 0 spiro atoms. The fourth-order valence-electron chi connectivity index (χ4n) is 2.96. The van der Waals surface area contributed by atoms with Gasteiger partial charge in [-0.1, -0.05) is 30.3 Å². The van der Waals surface area contributed by atoms with Crippen LogP contribution in [0.25, 0.3) is 0 Å². The van der Waals surface area contributed by atoms with Gasteiger partial charge < -0.3 is 14.8 Å². The van der Waals surface area contributed by atoms with E-state index in [4.69, 9.17) is 9.47 Å². The van der Waals surface area contributed by atoms with E-state index in [1.807, 2.05) is 12.1 Å². The third kappa shape index (κ3) is 3.03. The largest absolute Gasteiger partial charge is 0.493 e. The second kappa shape index (κ2) is 6.19. The van der Waals surface area contributed by atoms with Gasteiger partial charge in [-0.25, -0.2) is 0 Å². The molecular weight excluding hydrogens is 262 g/mol. The van der Waals surface area contributed by atoms with E-state index in [2.05, 4.69) is 35.6 Å². The van der Waals surface area contributed by atoms with Gasteiger partial charge >= 0.3 is 0 Å². The molecule has 0 aliphatic heterocycles. The molecule has 0 saturated heterocycles. The zero-order valence-corrected chi connectivity index (χ0v) is 12.6. The molecule has 1 aliphatic rings. The lowest BCUT2D eigenvalue weighted by atomic mass is 10.1. The number of fused-ring (bicyclic) bond motifs is 1. The fourth-order valence-corrected chi connectivity index (χ4v) is 2.96. The summed E-state index contributed by atoms with van der Waals surface area (Å²) in [5, 5.41) is 3.64. The molecule has 0 saturated carbocycles. The van der Waals surface area contributed by atoms with Crippen LogP contribution < -0.4 is 14.8 Å². The summed E-state index contributed by atoms with van der Waals surface area (Å²) in [6.45, 7) is 0.846. The minimum atomic E-state index is 0.524. The SMILES string of the molecule is COc1ccc(CNC2Cc3ccccc3C2)cc1OC. The van der Waals surface area contributed by atoms with Gasteiger partial charge in [0.05, 0.1) is 14.2 Å². The molecule has 0 fully saturated rings. The molecule has 0 atom stereocenters. The molecule has 0 aromatic heterocycles. The molecule has 0 unspecified atom stereocenters. The summed E-state index contributed by atoms with van der Waals surface area (Å²) in [7, 11) is 3.33. The average Bonchev–Trinajstić information content (AvgIpc) is 2.95. The molecular formula is C18H21NO2. The first-order chi connectivity index (χ1) is 10.3. The maximum atomic E-state index is 5.35. The van der Waals surface area contributed by atoms with Gasteiger partial charge in [-0.15, -0.1) is 0 Å². The summed E-state index contributed by atoms with van der Waals surface area (Å²) in [6, 6.07) is 15.3. The van der Waals surface area contributed by atoms with Gasteiger partial charge in [0, 0.05) is 12.6 Å². The Morgan fingerprint density at radius 1 is 0.952 bits per heavy atom. The van der Waals surface area contributed by atoms with Gasteiger partial charge in [0.2, 0.25) is 0 Å². The molecule has 0 amide bonds. The Hall–Kier alpha value is -2.00. The molecule has 3 heteroatoms. The highest BCUT2D eigenvalue weighted by Gasteiger charge is 2.20. The minimum Gasteiger partial charge on any atom is -0.493 e. The zero-order valence-electron chi connectivity index (χ0n) is 12.6. The molecule has 3 rings (SSSR count). The Kier molecular flexibility index (Phi) is 4.11. The van der Waals surface area contributed by atoms with E-state index in [9.17, 15) is 0 Å². The summed E-state index contributed by atoms with van der Waals surface area (Å²) in [5.41, 5.74) is 4.16. The van der Waals surface area contributed by atoms with Crippen LogP contribution in [0.15, 0.2) is 42.5 Å². The Bertz CT molecular complexity index is 599. The van der Waals surface area contributed by atoms with Crippen molar-refractivity contribution in [3.05, 3.63) is 59.2 Å². The summed E-state index contributed by atoms with van der Waals surface area (Å²) in [4.78, 5) is 0. The predicted molar refractivity (Wildman–Crippen MR) is 84.0 cm³/mol. The number of methoxy groups -OCH3 is 2. The van der Waals surface area contributed by atoms with Gasteiger partial charge in [0.25, 0.3) is 0 Å². The predicted octanol–water partition coefficient (Wildman–Crippen LogP) is 2.96. The first-order valence-corrected chi connectivity index (χ1v) is 7.31. The summed E-state index contributed by atoms with van der Waals surface area (Å²) >= 11 is 0. The van der Waals surface area contributed by atoms with E-state index in [1.54, 1.807) is 14.2 Å². The second-order valence-electron chi connectivity index (χ2n) is 5.44. The van der Waals surface area contributed by atoms with Crippen LogP contribution >= 0.6 is 0 Å². The minimum absolute atomic E-state index is 0.524. The zero-order chi connectivity index (χ0) is 14.7. The summed E-state index contributed by atoms with van der Waals surface area (Å²) in [6.07, 6.45) is 2.23. The van der Waals surface area contributed by atoms with Crippen molar-refractivity contribution < 1.29 is 9.47 Å². The highest BCUT2D eigenvalue weighted by atomic mass is 16.5. The van der Waals surface area contributed by atoms with Crippen LogP contribution in [-0.4, -0.2) is 20.3 Å². The molecule has 0 heterocycles. The third-order valence-electron chi connectivity index (χ3n) is 4.09. The van der Waals surface area contributed by atoms with E-state index < -0.39 is 0 Å². The van der Waals surface area contributed by atoms with E-state index >= 15 is 0 Å². The number of hydrogen-bond acceptors (Lipinski definition) is 3. The molecule has 110 valence electrons.